The number of anilines is 1. The monoisotopic (exact) mass is 386 g/mol. The third-order valence-corrected chi connectivity index (χ3v) is 4.74. The lowest BCUT2D eigenvalue weighted by Gasteiger charge is -2.26. The van der Waals surface area contributed by atoms with E-state index < -0.39 is 11.7 Å². The lowest BCUT2D eigenvalue weighted by molar-refractivity contribution is 0.0539. The number of carbonyl (C=O) groups excluding carboxylic acids is 1. The predicted octanol–water partition coefficient (Wildman–Crippen LogP) is 1.90. The Labute approximate surface area is 160 Å². The molecule has 0 aliphatic carbocycles. The minimum atomic E-state index is -0.434. The van der Waals surface area contributed by atoms with Crippen LogP contribution in [0.15, 0.2) is 30.7 Å². The van der Waals surface area contributed by atoms with Gasteiger partial charge in [-0.1, -0.05) is 0 Å². The third kappa shape index (κ3) is 3.11. The summed E-state index contributed by atoms with van der Waals surface area (Å²) in [5.41, 5.74) is 3.65. The Bertz CT molecular complexity index is 1020. The van der Waals surface area contributed by atoms with E-state index >= 15 is 0 Å². The van der Waals surface area contributed by atoms with Crippen LogP contribution < -0.4 is 15.1 Å². The molecule has 0 aromatic carbocycles. The van der Waals surface area contributed by atoms with Crippen LogP contribution in [0, 0.1) is 5.82 Å². The van der Waals surface area contributed by atoms with Crippen molar-refractivity contribution in [1.82, 2.24) is 25.1 Å². The van der Waals surface area contributed by atoms with Gasteiger partial charge in [0.15, 0.2) is 5.65 Å². The molecule has 3 aromatic heterocycles. The number of ether oxygens (including phenoxy) is 1. The van der Waals surface area contributed by atoms with Crippen molar-refractivity contribution in [2.24, 2.45) is 0 Å². The van der Waals surface area contributed by atoms with Gasteiger partial charge in [-0.05, 0) is 25.0 Å². The lowest BCUT2D eigenvalue weighted by atomic mass is 10.1. The molecule has 0 radical (unpaired) electrons. The molecule has 4 rings (SSSR count). The van der Waals surface area contributed by atoms with E-state index in [1.165, 1.54) is 31.0 Å². The van der Waals surface area contributed by atoms with Gasteiger partial charge in [0, 0.05) is 18.3 Å². The molecule has 1 amide bonds. The van der Waals surface area contributed by atoms with Crippen molar-refractivity contribution < 1.29 is 18.8 Å². The zero-order valence-corrected chi connectivity index (χ0v) is 15.4. The maximum Gasteiger partial charge on any atom is 0.280 e. The Kier molecular flexibility index (Phi) is 4.78. The van der Waals surface area contributed by atoms with E-state index in [9.17, 15) is 9.18 Å². The van der Waals surface area contributed by atoms with Crippen LogP contribution in [-0.2, 0) is 4.84 Å². The second kappa shape index (κ2) is 7.39. The maximum absolute atomic E-state index is 13.8. The van der Waals surface area contributed by atoms with Gasteiger partial charge in [-0.15, -0.1) is 0 Å². The minimum Gasteiger partial charge on any atom is -0.481 e. The number of amides is 1. The Morgan fingerprint density at radius 3 is 3.00 bits per heavy atom. The van der Waals surface area contributed by atoms with Gasteiger partial charge in [0.25, 0.3) is 5.91 Å². The molecule has 0 saturated carbocycles. The third-order valence-electron chi connectivity index (χ3n) is 4.74. The van der Waals surface area contributed by atoms with Gasteiger partial charge < -0.3 is 9.64 Å². The molecule has 10 heteroatoms. The Morgan fingerprint density at radius 1 is 1.36 bits per heavy atom. The molecule has 9 nitrogen and oxygen atoms in total. The van der Waals surface area contributed by atoms with E-state index in [4.69, 9.17) is 4.74 Å². The molecule has 146 valence electrons. The fraction of sp³-hybridized carbons (Fsp3) is 0.333. The standard InChI is InChI=1S/C18H19FN6O3/c1-27-18-12(8-11(19)9-20-18)14-4-3-6-24(14)15-5-7-25-16(22-15)13(10-21-25)17(26)23-28-2/h5,7-10,14H,3-4,6H2,1-2H3,(H,23,26). The van der Waals surface area contributed by atoms with Crippen molar-refractivity contribution in [1.29, 1.82) is 0 Å². The first kappa shape index (κ1) is 18.1. The lowest BCUT2D eigenvalue weighted by Crippen LogP contribution is -2.25. The number of rotatable bonds is 5. The Hall–Kier alpha value is -3.27. The van der Waals surface area contributed by atoms with Crippen LogP contribution >= 0.6 is 0 Å². The highest BCUT2D eigenvalue weighted by Gasteiger charge is 2.31. The summed E-state index contributed by atoms with van der Waals surface area (Å²) in [4.78, 5) is 27.6. The highest BCUT2D eigenvalue weighted by molar-refractivity contribution is 5.99. The number of methoxy groups -OCH3 is 1. The molecule has 28 heavy (non-hydrogen) atoms. The van der Waals surface area contributed by atoms with Crippen molar-refractivity contribution in [2.45, 2.75) is 18.9 Å². The second-order valence-corrected chi connectivity index (χ2v) is 6.35. The number of hydrogen-bond acceptors (Lipinski definition) is 7. The zero-order valence-electron chi connectivity index (χ0n) is 15.4. The van der Waals surface area contributed by atoms with E-state index in [2.05, 4.69) is 30.3 Å². The van der Waals surface area contributed by atoms with E-state index in [-0.39, 0.29) is 6.04 Å². The number of nitrogens with one attached hydrogen (secondary N) is 1. The largest absolute Gasteiger partial charge is 0.481 e. The van der Waals surface area contributed by atoms with E-state index in [0.29, 0.717) is 28.5 Å². The molecule has 0 spiro atoms. The summed E-state index contributed by atoms with van der Waals surface area (Å²) in [5.74, 6) is 0.202. The summed E-state index contributed by atoms with van der Waals surface area (Å²) in [6.45, 7) is 0.737. The summed E-state index contributed by atoms with van der Waals surface area (Å²) < 4.78 is 20.7. The van der Waals surface area contributed by atoms with Gasteiger partial charge in [0.2, 0.25) is 5.88 Å². The topological polar surface area (TPSA) is 93.9 Å². The maximum atomic E-state index is 13.8. The molecule has 1 fully saturated rings. The number of hydroxylamine groups is 1. The normalized spacial score (nSPS) is 16.5. The molecule has 4 heterocycles. The fourth-order valence-electron chi connectivity index (χ4n) is 3.54. The van der Waals surface area contributed by atoms with Crippen molar-refractivity contribution in [3.8, 4) is 5.88 Å². The molecule has 1 unspecified atom stereocenters. The van der Waals surface area contributed by atoms with Gasteiger partial charge in [-0.25, -0.2) is 24.4 Å². The molecule has 1 N–H and O–H groups in total. The van der Waals surface area contributed by atoms with Crippen LogP contribution in [0.3, 0.4) is 0 Å². The van der Waals surface area contributed by atoms with E-state index in [1.807, 2.05) is 6.07 Å². The summed E-state index contributed by atoms with van der Waals surface area (Å²) in [6.07, 6.45) is 6.02. The summed E-state index contributed by atoms with van der Waals surface area (Å²) in [5, 5.41) is 4.15. The van der Waals surface area contributed by atoms with Crippen LogP contribution in [0.25, 0.3) is 5.65 Å². The SMILES string of the molecule is CONC(=O)c1cnn2ccc(N3CCCC3c3cc(F)cnc3OC)nc12. The first-order valence-corrected chi connectivity index (χ1v) is 8.76. The molecule has 1 aliphatic heterocycles. The van der Waals surface area contributed by atoms with Gasteiger partial charge in [0.1, 0.15) is 17.2 Å². The quantitative estimate of drug-likeness (QED) is 0.670. The van der Waals surface area contributed by atoms with E-state index in [0.717, 1.165) is 25.6 Å². The summed E-state index contributed by atoms with van der Waals surface area (Å²) in [7, 11) is 2.87. The fourth-order valence-corrected chi connectivity index (χ4v) is 3.54. The Morgan fingerprint density at radius 2 is 2.21 bits per heavy atom. The molecule has 1 atom stereocenters. The Balaban J connectivity index is 1.74. The van der Waals surface area contributed by atoms with E-state index in [1.54, 1.807) is 6.20 Å². The number of pyridine rings is 1. The summed E-state index contributed by atoms with van der Waals surface area (Å²) >= 11 is 0. The smallest absolute Gasteiger partial charge is 0.280 e. The van der Waals surface area contributed by atoms with Gasteiger partial charge in [-0.3, -0.25) is 9.63 Å². The van der Waals surface area contributed by atoms with Gasteiger partial charge in [0.05, 0.1) is 32.7 Å². The first-order chi connectivity index (χ1) is 13.6. The highest BCUT2D eigenvalue weighted by Crippen LogP contribution is 2.38. The van der Waals surface area contributed by atoms with Crippen LogP contribution in [0.1, 0.15) is 34.8 Å². The molecule has 1 saturated heterocycles. The van der Waals surface area contributed by atoms with Crippen molar-refractivity contribution in [2.75, 3.05) is 25.7 Å². The van der Waals surface area contributed by atoms with Gasteiger partial charge in [-0.2, -0.15) is 5.10 Å². The number of fused-ring (bicyclic) bond motifs is 1. The molecular weight excluding hydrogens is 367 g/mol. The predicted molar refractivity (Wildman–Crippen MR) is 97.5 cm³/mol. The van der Waals surface area contributed by atoms with Crippen LogP contribution in [0.4, 0.5) is 10.2 Å². The second-order valence-electron chi connectivity index (χ2n) is 6.35. The van der Waals surface area contributed by atoms with Crippen molar-refractivity contribution >= 4 is 17.4 Å². The average molecular weight is 386 g/mol. The van der Waals surface area contributed by atoms with Crippen LogP contribution in [0.5, 0.6) is 5.88 Å². The number of halogens is 1. The molecule has 1 aliphatic rings. The van der Waals surface area contributed by atoms with Crippen LogP contribution in [-0.4, -0.2) is 46.3 Å². The zero-order chi connectivity index (χ0) is 19.7. The molecule has 3 aromatic rings. The number of hydrogen-bond donors (Lipinski definition) is 1. The molecule has 0 bridgehead atoms. The average Bonchev–Trinajstić information content (AvgIpc) is 3.34. The number of nitrogens with zero attached hydrogens (tertiary/aromatic N) is 5. The minimum absolute atomic E-state index is 0.132. The summed E-state index contributed by atoms with van der Waals surface area (Å²) in [6, 6.07) is 3.13. The highest BCUT2D eigenvalue weighted by atomic mass is 19.1. The first-order valence-electron chi connectivity index (χ1n) is 8.76. The number of aromatic nitrogens is 4. The van der Waals surface area contributed by atoms with Crippen molar-refractivity contribution in [3.63, 3.8) is 0 Å². The molecular formula is C18H19FN6O3. The van der Waals surface area contributed by atoms with Crippen molar-refractivity contribution in [3.05, 3.63) is 47.7 Å². The van der Waals surface area contributed by atoms with Crippen LogP contribution in [0.2, 0.25) is 0 Å². The number of carbonyl (C=O) groups is 1. The van der Waals surface area contributed by atoms with Gasteiger partial charge >= 0.3 is 0 Å².